The fourth-order valence-corrected chi connectivity index (χ4v) is 4.46. The smallest absolute Gasteiger partial charge is 0.246 e. The molecule has 1 aliphatic rings. The number of ether oxygens (including phenoxy) is 1. The minimum atomic E-state index is -3.73. The summed E-state index contributed by atoms with van der Waals surface area (Å²) in [6.07, 6.45) is -0.301. The summed E-state index contributed by atoms with van der Waals surface area (Å²) in [4.78, 5) is -0.0593. The van der Waals surface area contributed by atoms with Gasteiger partial charge in [0.25, 0.3) is 0 Å². The molecule has 20 heavy (non-hydrogen) atoms. The second-order valence-corrected chi connectivity index (χ2v) is 6.83. The molecule has 0 aromatic heterocycles. The standard InChI is InChI=1S/C11H14Cl2N2O3S.ClH/c12-9-2-1-3-10(13)11(9)19(16,17)15-4-5-18-8(6-14)7-15;/h1-3,8H,4-7,14H2;1H. The van der Waals surface area contributed by atoms with Crippen LogP contribution in [0.25, 0.3) is 0 Å². The zero-order valence-corrected chi connectivity index (χ0v) is 13.6. The average molecular weight is 362 g/mol. The number of morpholine rings is 1. The van der Waals surface area contributed by atoms with Crippen LogP contribution < -0.4 is 5.73 Å². The van der Waals surface area contributed by atoms with Crippen LogP contribution in [0.15, 0.2) is 23.1 Å². The van der Waals surface area contributed by atoms with E-state index in [-0.39, 0.29) is 53.1 Å². The van der Waals surface area contributed by atoms with Gasteiger partial charge in [-0.25, -0.2) is 8.42 Å². The van der Waals surface area contributed by atoms with E-state index in [1.165, 1.54) is 16.4 Å². The van der Waals surface area contributed by atoms with Gasteiger partial charge in [0, 0.05) is 19.6 Å². The maximum atomic E-state index is 12.6. The molecule has 0 bridgehead atoms. The van der Waals surface area contributed by atoms with Gasteiger partial charge in [0.05, 0.1) is 22.8 Å². The van der Waals surface area contributed by atoms with Crippen molar-refractivity contribution in [1.29, 1.82) is 0 Å². The van der Waals surface area contributed by atoms with E-state index in [1.54, 1.807) is 6.07 Å². The summed E-state index contributed by atoms with van der Waals surface area (Å²) in [5, 5.41) is 0.228. The molecule has 0 aliphatic carbocycles. The highest BCUT2D eigenvalue weighted by atomic mass is 35.5. The molecule has 1 aliphatic heterocycles. The molecule has 114 valence electrons. The molecule has 1 unspecified atom stereocenters. The van der Waals surface area contributed by atoms with E-state index in [0.717, 1.165) is 0 Å². The van der Waals surface area contributed by atoms with Crippen molar-refractivity contribution in [2.24, 2.45) is 5.73 Å². The molecule has 5 nitrogen and oxygen atoms in total. The van der Waals surface area contributed by atoms with E-state index in [1.807, 2.05) is 0 Å². The fraction of sp³-hybridized carbons (Fsp3) is 0.455. The van der Waals surface area contributed by atoms with Crippen molar-refractivity contribution < 1.29 is 13.2 Å². The van der Waals surface area contributed by atoms with Gasteiger partial charge in [0.15, 0.2) is 0 Å². The van der Waals surface area contributed by atoms with Crippen molar-refractivity contribution in [3.63, 3.8) is 0 Å². The fourth-order valence-electron chi connectivity index (χ4n) is 1.91. The minimum absolute atomic E-state index is 0. The Balaban J connectivity index is 0.00000200. The molecular weight excluding hydrogens is 347 g/mol. The maximum Gasteiger partial charge on any atom is 0.246 e. The normalized spacial score (nSPS) is 20.4. The largest absolute Gasteiger partial charge is 0.374 e. The Hall–Kier alpha value is -0.0800. The summed E-state index contributed by atoms with van der Waals surface area (Å²) in [7, 11) is -3.73. The highest BCUT2D eigenvalue weighted by molar-refractivity contribution is 7.89. The van der Waals surface area contributed by atoms with Crippen LogP contribution in [0.3, 0.4) is 0 Å². The first-order valence-electron chi connectivity index (χ1n) is 5.72. The molecule has 2 N–H and O–H groups in total. The molecule has 1 heterocycles. The van der Waals surface area contributed by atoms with Gasteiger partial charge in [0.2, 0.25) is 10.0 Å². The van der Waals surface area contributed by atoms with Crippen LogP contribution in [0, 0.1) is 0 Å². The second-order valence-electron chi connectivity index (χ2n) is 4.14. The molecule has 1 saturated heterocycles. The van der Waals surface area contributed by atoms with Gasteiger partial charge in [-0.2, -0.15) is 4.31 Å². The van der Waals surface area contributed by atoms with Crippen LogP contribution in [0.1, 0.15) is 0 Å². The van der Waals surface area contributed by atoms with Gasteiger partial charge in [-0.3, -0.25) is 0 Å². The molecule has 1 aromatic carbocycles. The predicted molar refractivity (Wildman–Crippen MR) is 81.3 cm³/mol. The monoisotopic (exact) mass is 360 g/mol. The van der Waals surface area contributed by atoms with Crippen molar-refractivity contribution in [3.05, 3.63) is 28.2 Å². The third-order valence-corrected chi connectivity index (χ3v) is 5.70. The molecule has 0 radical (unpaired) electrons. The average Bonchev–Trinajstić information content (AvgIpc) is 2.38. The molecule has 2 rings (SSSR count). The Labute approximate surface area is 134 Å². The number of hydrogen-bond donors (Lipinski definition) is 1. The van der Waals surface area contributed by atoms with E-state index in [0.29, 0.717) is 6.61 Å². The quantitative estimate of drug-likeness (QED) is 0.890. The Morgan fingerprint density at radius 1 is 1.35 bits per heavy atom. The Morgan fingerprint density at radius 2 is 1.95 bits per heavy atom. The molecule has 0 amide bonds. The number of benzene rings is 1. The molecule has 1 fully saturated rings. The number of hydrogen-bond acceptors (Lipinski definition) is 4. The third-order valence-electron chi connectivity index (χ3n) is 2.88. The highest BCUT2D eigenvalue weighted by Crippen LogP contribution is 2.32. The van der Waals surface area contributed by atoms with Gasteiger partial charge in [-0.05, 0) is 12.1 Å². The summed E-state index contributed by atoms with van der Waals surface area (Å²) >= 11 is 11.9. The maximum absolute atomic E-state index is 12.6. The summed E-state index contributed by atoms with van der Waals surface area (Å²) in [6.45, 7) is 1.05. The lowest BCUT2D eigenvalue weighted by Crippen LogP contribution is -2.48. The van der Waals surface area contributed by atoms with Gasteiger partial charge in [-0.1, -0.05) is 29.3 Å². The molecule has 9 heteroatoms. The van der Waals surface area contributed by atoms with Gasteiger partial charge in [0.1, 0.15) is 4.90 Å². The Morgan fingerprint density at radius 3 is 2.50 bits per heavy atom. The van der Waals surface area contributed by atoms with Gasteiger partial charge >= 0.3 is 0 Å². The van der Waals surface area contributed by atoms with Crippen LogP contribution in [0.5, 0.6) is 0 Å². The Bertz CT molecular complexity index is 548. The minimum Gasteiger partial charge on any atom is -0.374 e. The second kappa shape index (κ2) is 7.26. The highest BCUT2D eigenvalue weighted by Gasteiger charge is 2.33. The molecule has 1 aromatic rings. The Kier molecular flexibility index (Phi) is 6.53. The van der Waals surface area contributed by atoms with Crippen molar-refractivity contribution >= 4 is 45.6 Å². The van der Waals surface area contributed by atoms with Crippen LogP contribution in [-0.2, 0) is 14.8 Å². The molecular formula is C11H15Cl3N2O3S. The third kappa shape index (κ3) is 3.57. The topological polar surface area (TPSA) is 72.6 Å². The van der Waals surface area contributed by atoms with Crippen LogP contribution in [0.4, 0.5) is 0 Å². The first kappa shape index (κ1) is 18.0. The van der Waals surface area contributed by atoms with Crippen molar-refractivity contribution in [3.8, 4) is 0 Å². The van der Waals surface area contributed by atoms with E-state index < -0.39 is 10.0 Å². The summed E-state index contributed by atoms with van der Waals surface area (Å²) in [5.41, 5.74) is 5.51. The van der Waals surface area contributed by atoms with E-state index in [2.05, 4.69) is 0 Å². The lowest BCUT2D eigenvalue weighted by atomic mass is 10.3. The summed E-state index contributed by atoms with van der Waals surface area (Å²) < 4.78 is 31.8. The van der Waals surface area contributed by atoms with Crippen LogP contribution >= 0.6 is 35.6 Å². The summed E-state index contributed by atoms with van der Waals surface area (Å²) in [6, 6.07) is 4.61. The van der Waals surface area contributed by atoms with E-state index in [9.17, 15) is 8.42 Å². The van der Waals surface area contributed by atoms with Crippen molar-refractivity contribution in [2.75, 3.05) is 26.2 Å². The lowest BCUT2D eigenvalue weighted by molar-refractivity contribution is 0.00451. The first-order chi connectivity index (χ1) is 8.96. The number of halogens is 3. The molecule has 0 saturated carbocycles. The predicted octanol–water partition coefficient (Wildman–Crippen LogP) is 1.76. The zero-order chi connectivity index (χ0) is 14.0. The molecule has 1 atom stereocenters. The van der Waals surface area contributed by atoms with Crippen molar-refractivity contribution in [2.45, 2.75) is 11.0 Å². The van der Waals surface area contributed by atoms with E-state index in [4.69, 9.17) is 33.7 Å². The SMILES string of the molecule is Cl.NCC1CN(S(=O)(=O)c2c(Cl)cccc2Cl)CCO1. The van der Waals surface area contributed by atoms with E-state index >= 15 is 0 Å². The van der Waals surface area contributed by atoms with Crippen molar-refractivity contribution in [1.82, 2.24) is 4.31 Å². The lowest BCUT2D eigenvalue weighted by Gasteiger charge is -2.31. The van der Waals surface area contributed by atoms with Crippen LogP contribution in [0.2, 0.25) is 10.0 Å². The number of rotatable bonds is 3. The molecule has 0 spiro atoms. The number of sulfonamides is 1. The number of nitrogens with two attached hydrogens (primary N) is 1. The van der Waals surface area contributed by atoms with Crippen LogP contribution in [-0.4, -0.2) is 45.1 Å². The van der Waals surface area contributed by atoms with Gasteiger partial charge in [-0.15, -0.1) is 12.4 Å². The first-order valence-corrected chi connectivity index (χ1v) is 7.92. The van der Waals surface area contributed by atoms with Gasteiger partial charge < -0.3 is 10.5 Å². The number of nitrogens with zero attached hydrogens (tertiary/aromatic N) is 1. The summed E-state index contributed by atoms with van der Waals surface area (Å²) in [5.74, 6) is 0. The zero-order valence-electron chi connectivity index (χ0n) is 10.5.